The predicted molar refractivity (Wildman–Crippen MR) is 62.4 cm³/mol. The molecule has 0 radical (unpaired) electrons. The molecule has 90 valence electrons. The van der Waals surface area contributed by atoms with E-state index in [-0.39, 0.29) is 18.8 Å². The first-order chi connectivity index (χ1) is 8.05. The summed E-state index contributed by atoms with van der Waals surface area (Å²) in [7, 11) is 0. The number of alkyl halides is 2. The minimum Gasteiger partial charge on any atom is -0.347 e. The molecule has 2 heterocycles. The van der Waals surface area contributed by atoms with Gasteiger partial charge in [-0.05, 0) is 18.1 Å². The van der Waals surface area contributed by atoms with E-state index in [9.17, 15) is 8.78 Å². The fourth-order valence-corrected chi connectivity index (χ4v) is 2.66. The highest BCUT2D eigenvalue weighted by Gasteiger charge is 2.45. The van der Waals surface area contributed by atoms with Crippen molar-refractivity contribution < 1.29 is 8.78 Å². The molecule has 0 saturated heterocycles. The highest BCUT2D eigenvalue weighted by atomic mass is 35.5. The van der Waals surface area contributed by atoms with Crippen molar-refractivity contribution in [2.75, 3.05) is 0 Å². The number of pyridine rings is 1. The number of rotatable bonds is 2. The Labute approximate surface area is 102 Å². The van der Waals surface area contributed by atoms with Crippen molar-refractivity contribution in [1.29, 1.82) is 0 Å². The van der Waals surface area contributed by atoms with Crippen LogP contribution in [0, 0.1) is 5.92 Å². The molecule has 0 aromatic carbocycles. The van der Waals surface area contributed by atoms with Crippen LogP contribution in [0.1, 0.15) is 12.8 Å². The van der Waals surface area contributed by atoms with Crippen LogP contribution in [-0.4, -0.2) is 15.5 Å². The Morgan fingerprint density at radius 1 is 1.41 bits per heavy atom. The summed E-state index contributed by atoms with van der Waals surface area (Å²) in [6, 6.07) is 3.74. The molecule has 1 fully saturated rings. The lowest BCUT2D eigenvalue weighted by atomic mass is 9.81. The van der Waals surface area contributed by atoms with Gasteiger partial charge in [-0.1, -0.05) is 11.6 Å². The van der Waals surface area contributed by atoms with Crippen molar-refractivity contribution in [3.05, 3.63) is 29.7 Å². The Kier molecular flexibility index (Phi) is 2.36. The fourth-order valence-electron chi connectivity index (χ4n) is 2.44. The summed E-state index contributed by atoms with van der Waals surface area (Å²) in [4.78, 5) is 3.99. The molecule has 0 bridgehead atoms. The first kappa shape index (κ1) is 11.0. The molecule has 1 aliphatic carbocycles. The molecule has 0 spiro atoms. The van der Waals surface area contributed by atoms with Crippen LogP contribution in [0.3, 0.4) is 0 Å². The van der Waals surface area contributed by atoms with Gasteiger partial charge in [-0.25, -0.2) is 13.8 Å². The van der Waals surface area contributed by atoms with Crippen LogP contribution >= 0.6 is 11.6 Å². The molecule has 0 unspecified atom stereocenters. The first-order valence-electron chi connectivity index (χ1n) is 5.52. The standard InChI is InChI=1S/C12H11ClF2N2/c13-11-9-2-4-17(10(9)1-3-16-11)7-8-5-12(14,15)6-8/h1-4,8H,5-7H2. The van der Waals surface area contributed by atoms with Crippen molar-refractivity contribution in [2.45, 2.75) is 25.3 Å². The quantitative estimate of drug-likeness (QED) is 0.749. The smallest absolute Gasteiger partial charge is 0.248 e. The van der Waals surface area contributed by atoms with Crippen LogP contribution in [0.2, 0.25) is 5.15 Å². The minimum atomic E-state index is -2.45. The van der Waals surface area contributed by atoms with Gasteiger partial charge in [0.25, 0.3) is 0 Å². The third kappa shape index (κ3) is 1.90. The average Bonchev–Trinajstić information content (AvgIpc) is 2.61. The highest BCUT2D eigenvalue weighted by molar-refractivity contribution is 6.34. The second-order valence-corrected chi connectivity index (χ2v) is 4.99. The summed E-state index contributed by atoms with van der Waals surface area (Å²) in [6.07, 6.45) is 3.50. The number of hydrogen-bond acceptors (Lipinski definition) is 1. The number of fused-ring (bicyclic) bond motifs is 1. The molecule has 5 heteroatoms. The molecular weight excluding hydrogens is 246 g/mol. The lowest BCUT2D eigenvalue weighted by Crippen LogP contribution is -2.37. The fraction of sp³-hybridized carbons (Fsp3) is 0.417. The topological polar surface area (TPSA) is 17.8 Å². The summed E-state index contributed by atoms with van der Waals surface area (Å²) in [5, 5.41) is 1.33. The van der Waals surface area contributed by atoms with E-state index in [0.717, 1.165) is 10.9 Å². The van der Waals surface area contributed by atoms with E-state index in [1.54, 1.807) is 6.20 Å². The zero-order valence-corrected chi connectivity index (χ0v) is 9.79. The summed E-state index contributed by atoms with van der Waals surface area (Å²) in [6.45, 7) is 0.624. The monoisotopic (exact) mass is 256 g/mol. The molecule has 2 aromatic heterocycles. The maximum Gasteiger partial charge on any atom is 0.248 e. The average molecular weight is 257 g/mol. The molecule has 1 aliphatic rings. The van der Waals surface area contributed by atoms with E-state index in [1.165, 1.54) is 0 Å². The van der Waals surface area contributed by atoms with E-state index in [1.807, 2.05) is 22.9 Å². The summed E-state index contributed by atoms with van der Waals surface area (Å²) in [5.74, 6) is -2.39. The molecule has 0 amide bonds. The van der Waals surface area contributed by atoms with E-state index < -0.39 is 5.92 Å². The van der Waals surface area contributed by atoms with Crippen molar-refractivity contribution in [3.63, 3.8) is 0 Å². The molecule has 0 atom stereocenters. The van der Waals surface area contributed by atoms with Gasteiger partial charge in [0.1, 0.15) is 5.15 Å². The second-order valence-electron chi connectivity index (χ2n) is 4.63. The zero-order valence-electron chi connectivity index (χ0n) is 9.04. The summed E-state index contributed by atoms with van der Waals surface area (Å²) >= 11 is 5.96. The van der Waals surface area contributed by atoms with Crippen LogP contribution in [0.4, 0.5) is 8.78 Å². The van der Waals surface area contributed by atoms with Gasteiger partial charge in [-0.2, -0.15) is 0 Å². The van der Waals surface area contributed by atoms with E-state index in [4.69, 9.17) is 11.6 Å². The van der Waals surface area contributed by atoms with E-state index >= 15 is 0 Å². The largest absolute Gasteiger partial charge is 0.347 e. The molecule has 0 N–H and O–H groups in total. The summed E-state index contributed by atoms with van der Waals surface area (Å²) < 4.78 is 27.5. The van der Waals surface area contributed by atoms with Crippen LogP contribution in [0.15, 0.2) is 24.5 Å². The van der Waals surface area contributed by atoms with Gasteiger partial charge >= 0.3 is 0 Å². The maximum absolute atomic E-state index is 12.8. The van der Waals surface area contributed by atoms with Gasteiger partial charge in [0.05, 0.1) is 5.52 Å². The Balaban J connectivity index is 1.85. The number of aromatic nitrogens is 2. The van der Waals surface area contributed by atoms with Gasteiger partial charge in [-0.3, -0.25) is 0 Å². The Morgan fingerprint density at radius 3 is 2.88 bits per heavy atom. The van der Waals surface area contributed by atoms with E-state index in [2.05, 4.69) is 4.98 Å². The van der Waals surface area contributed by atoms with Gasteiger partial charge in [0.2, 0.25) is 5.92 Å². The number of halogens is 3. The predicted octanol–water partition coefficient (Wildman–Crippen LogP) is 3.74. The van der Waals surface area contributed by atoms with Crippen LogP contribution in [-0.2, 0) is 6.54 Å². The Hall–Kier alpha value is -1.16. The Morgan fingerprint density at radius 2 is 2.18 bits per heavy atom. The highest BCUT2D eigenvalue weighted by Crippen LogP contribution is 2.43. The third-order valence-electron chi connectivity index (χ3n) is 3.28. The van der Waals surface area contributed by atoms with Crippen molar-refractivity contribution in [2.24, 2.45) is 5.92 Å². The molecule has 17 heavy (non-hydrogen) atoms. The number of nitrogens with zero attached hydrogens (tertiary/aromatic N) is 2. The first-order valence-corrected chi connectivity index (χ1v) is 5.90. The SMILES string of the molecule is FC1(F)CC(Cn2ccc3c(Cl)nccc32)C1. The molecule has 0 aliphatic heterocycles. The van der Waals surface area contributed by atoms with Gasteiger partial charge in [0.15, 0.2) is 0 Å². The summed E-state index contributed by atoms with van der Waals surface area (Å²) in [5.41, 5.74) is 0.959. The van der Waals surface area contributed by atoms with Crippen LogP contribution in [0.5, 0.6) is 0 Å². The zero-order chi connectivity index (χ0) is 12.0. The molecule has 3 rings (SSSR count). The molecule has 2 aromatic rings. The lowest BCUT2D eigenvalue weighted by molar-refractivity contribution is -0.113. The second kappa shape index (κ2) is 3.67. The molecule has 1 saturated carbocycles. The normalized spacial score (nSPS) is 19.5. The van der Waals surface area contributed by atoms with E-state index in [0.29, 0.717) is 11.7 Å². The van der Waals surface area contributed by atoms with Crippen molar-refractivity contribution >= 4 is 22.5 Å². The van der Waals surface area contributed by atoms with Crippen molar-refractivity contribution in [3.8, 4) is 0 Å². The molecular formula is C12H11ClF2N2. The van der Waals surface area contributed by atoms with Gasteiger partial charge in [0, 0.05) is 37.2 Å². The minimum absolute atomic E-state index is 0.00844. The van der Waals surface area contributed by atoms with Crippen LogP contribution in [0.25, 0.3) is 10.9 Å². The third-order valence-corrected chi connectivity index (χ3v) is 3.58. The van der Waals surface area contributed by atoms with Crippen LogP contribution < -0.4 is 0 Å². The molecule has 2 nitrogen and oxygen atoms in total. The van der Waals surface area contributed by atoms with Crippen molar-refractivity contribution in [1.82, 2.24) is 9.55 Å². The lowest BCUT2D eigenvalue weighted by Gasteiger charge is -2.35. The Bertz CT molecular complexity index is 557. The van der Waals surface area contributed by atoms with Gasteiger partial charge < -0.3 is 4.57 Å². The maximum atomic E-state index is 12.8. The van der Waals surface area contributed by atoms with Gasteiger partial charge in [-0.15, -0.1) is 0 Å². The number of hydrogen-bond donors (Lipinski definition) is 0.